The number of hydrogen-bond donors (Lipinski definition) is 0. The average Bonchev–Trinajstić information content (AvgIpc) is 2.62. The van der Waals surface area contributed by atoms with Gasteiger partial charge in [0.15, 0.2) is 5.92 Å². The number of hydrogen-bond acceptors (Lipinski definition) is 6. The Morgan fingerprint density at radius 3 is 1.61 bits per heavy atom. The summed E-state index contributed by atoms with van der Waals surface area (Å²) >= 11 is 0. The zero-order valence-corrected chi connectivity index (χ0v) is 19.2. The normalized spacial score (nSPS) is 19.3. The molecule has 1 aliphatic heterocycles. The molecule has 28 heavy (non-hydrogen) atoms. The molecule has 0 saturated carbocycles. The molecule has 0 amide bonds. The fourth-order valence-corrected chi connectivity index (χ4v) is 2.54. The molecule has 1 fully saturated rings. The van der Waals surface area contributed by atoms with Crippen LogP contribution in [-0.2, 0) is 28.4 Å². The first kappa shape index (κ1) is 24.7. The molecule has 0 aromatic heterocycles. The molecule has 0 aromatic carbocycles. The highest BCUT2D eigenvalue weighted by Gasteiger charge is 2.50. The predicted octanol–water partition coefficient (Wildman–Crippen LogP) is 4.32. The Morgan fingerprint density at radius 2 is 1.25 bits per heavy atom. The topological polar surface area (TPSA) is 71.1 Å². The van der Waals surface area contributed by atoms with Crippen molar-refractivity contribution in [1.29, 1.82) is 0 Å². The molecule has 0 N–H and O–H groups in total. The predicted molar refractivity (Wildman–Crippen MR) is 110 cm³/mol. The van der Waals surface area contributed by atoms with Gasteiger partial charge in [-0.05, 0) is 75.7 Å². The van der Waals surface area contributed by atoms with E-state index in [4.69, 9.17) is 18.8 Å². The number of carbonyl (C=O) groups is 2. The maximum atomic E-state index is 12.5. The number of allylic oxidation sites excluding steroid dienone is 2. The van der Waals surface area contributed by atoms with Gasteiger partial charge in [0.25, 0.3) is 0 Å². The second-order valence-corrected chi connectivity index (χ2v) is 10.2. The van der Waals surface area contributed by atoms with Gasteiger partial charge in [-0.1, -0.05) is 12.2 Å². The minimum Gasteiger partial charge on any atom is -0.459 e. The van der Waals surface area contributed by atoms with E-state index in [1.54, 1.807) is 47.6 Å². The number of carbonyl (C=O) groups excluding carboxylic acids is 2. The Morgan fingerprint density at radius 1 is 0.857 bits per heavy atom. The van der Waals surface area contributed by atoms with Crippen molar-refractivity contribution in [1.82, 2.24) is 0 Å². The van der Waals surface area contributed by atoms with Crippen molar-refractivity contribution in [3.05, 3.63) is 12.2 Å². The summed E-state index contributed by atoms with van der Waals surface area (Å²) < 4.78 is 22.7. The third kappa shape index (κ3) is 7.59. The Kier molecular flexibility index (Phi) is 7.57. The summed E-state index contributed by atoms with van der Waals surface area (Å²) in [4.78, 5) is 25.0. The number of rotatable bonds is 6. The lowest BCUT2D eigenvalue weighted by atomic mass is 9.84. The van der Waals surface area contributed by atoms with Gasteiger partial charge in [-0.15, -0.1) is 0 Å². The highest BCUT2D eigenvalue weighted by molar-refractivity contribution is 6.46. The van der Waals surface area contributed by atoms with E-state index in [9.17, 15) is 9.59 Å². The van der Waals surface area contributed by atoms with E-state index in [0.717, 1.165) is 0 Å². The van der Waals surface area contributed by atoms with Gasteiger partial charge in [0.1, 0.15) is 11.2 Å². The largest absolute Gasteiger partial charge is 0.461 e. The third-order valence-electron chi connectivity index (χ3n) is 4.55. The van der Waals surface area contributed by atoms with Crippen molar-refractivity contribution >= 4 is 19.1 Å². The molecule has 0 radical (unpaired) electrons. The van der Waals surface area contributed by atoms with E-state index in [0.29, 0.717) is 6.32 Å². The first-order valence-corrected chi connectivity index (χ1v) is 9.90. The molecular formula is C21H37BO6. The Labute approximate surface area is 170 Å². The molecule has 6 nitrogen and oxygen atoms in total. The fourth-order valence-electron chi connectivity index (χ4n) is 2.54. The van der Waals surface area contributed by atoms with Crippen molar-refractivity contribution in [3.8, 4) is 0 Å². The van der Waals surface area contributed by atoms with Gasteiger partial charge in [-0.2, -0.15) is 0 Å². The van der Waals surface area contributed by atoms with Crippen LogP contribution in [-0.4, -0.2) is 41.5 Å². The van der Waals surface area contributed by atoms with Crippen LogP contribution in [0.1, 0.15) is 75.7 Å². The molecule has 1 rings (SSSR count). The Bertz CT molecular complexity index is 551. The molecule has 0 spiro atoms. The maximum absolute atomic E-state index is 12.5. The zero-order chi connectivity index (χ0) is 22.0. The minimum atomic E-state index is -1.01. The lowest BCUT2D eigenvalue weighted by molar-refractivity contribution is -0.174. The molecule has 0 aromatic rings. The SMILES string of the molecule is CC(C)(C)OC(=O)C(CC=CCB1OC(C)(C)C(C)(C)O1)C(=O)OC(C)(C)C. The van der Waals surface area contributed by atoms with E-state index in [2.05, 4.69) is 0 Å². The molecule has 0 atom stereocenters. The zero-order valence-electron chi connectivity index (χ0n) is 19.2. The lowest BCUT2D eigenvalue weighted by Crippen LogP contribution is -2.41. The molecule has 160 valence electrons. The second-order valence-electron chi connectivity index (χ2n) is 10.2. The van der Waals surface area contributed by atoms with Crippen molar-refractivity contribution < 1.29 is 28.4 Å². The molecule has 1 aliphatic rings. The molecule has 0 unspecified atom stereocenters. The fraction of sp³-hybridized carbons (Fsp3) is 0.810. The van der Waals surface area contributed by atoms with Crippen molar-refractivity contribution in [2.24, 2.45) is 5.92 Å². The summed E-state index contributed by atoms with van der Waals surface area (Å²) in [7, 11) is -0.359. The van der Waals surface area contributed by atoms with Crippen LogP contribution < -0.4 is 0 Å². The molecule has 0 aliphatic carbocycles. The van der Waals surface area contributed by atoms with E-state index < -0.39 is 29.1 Å². The van der Waals surface area contributed by atoms with Crippen molar-refractivity contribution in [3.63, 3.8) is 0 Å². The standard InChI is InChI=1S/C21H37BO6/c1-18(2,3)25-16(23)15(17(24)26-19(4,5)6)13-11-12-14-22-27-20(7,8)21(9,10)28-22/h11-12,15H,13-14H2,1-10H3. The lowest BCUT2D eigenvalue weighted by Gasteiger charge is -2.32. The summed E-state index contributed by atoms with van der Waals surface area (Å²) in [6.45, 7) is 18.6. The van der Waals surface area contributed by atoms with Gasteiger partial charge >= 0.3 is 19.1 Å². The summed E-state index contributed by atoms with van der Waals surface area (Å²) in [6, 6.07) is 0. The molecular weight excluding hydrogens is 359 g/mol. The van der Waals surface area contributed by atoms with E-state index in [1.165, 1.54) is 0 Å². The smallest absolute Gasteiger partial charge is 0.459 e. The quantitative estimate of drug-likeness (QED) is 0.288. The van der Waals surface area contributed by atoms with Crippen LogP contribution in [0.25, 0.3) is 0 Å². The first-order valence-electron chi connectivity index (χ1n) is 9.90. The summed E-state index contributed by atoms with van der Waals surface area (Å²) in [5.41, 5.74) is -2.13. The van der Waals surface area contributed by atoms with Gasteiger partial charge in [-0.3, -0.25) is 9.59 Å². The first-order chi connectivity index (χ1) is 12.4. The van der Waals surface area contributed by atoms with Crippen LogP contribution in [0.4, 0.5) is 0 Å². The summed E-state index contributed by atoms with van der Waals surface area (Å²) in [5, 5.41) is 0. The van der Waals surface area contributed by atoms with Crippen LogP contribution in [0.5, 0.6) is 0 Å². The van der Waals surface area contributed by atoms with Crippen LogP contribution in [0, 0.1) is 5.92 Å². The number of ether oxygens (including phenoxy) is 2. The van der Waals surface area contributed by atoms with Gasteiger partial charge in [0.05, 0.1) is 11.2 Å². The van der Waals surface area contributed by atoms with E-state index >= 15 is 0 Å². The van der Waals surface area contributed by atoms with Gasteiger partial charge in [-0.25, -0.2) is 0 Å². The summed E-state index contributed by atoms with van der Waals surface area (Å²) in [6.07, 6.45) is 4.37. The van der Waals surface area contributed by atoms with Gasteiger partial charge < -0.3 is 18.8 Å². The maximum Gasteiger partial charge on any atom is 0.461 e. The Balaban J connectivity index is 2.74. The molecule has 0 bridgehead atoms. The molecule has 1 saturated heterocycles. The van der Waals surface area contributed by atoms with E-state index in [1.807, 2.05) is 33.8 Å². The highest BCUT2D eigenvalue weighted by Crippen LogP contribution is 2.37. The van der Waals surface area contributed by atoms with Crippen molar-refractivity contribution in [2.75, 3.05) is 0 Å². The molecule has 7 heteroatoms. The average molecular weight is 396 g/mol. The van der Waals surface area contributed by atoms with Gasteiger partial charge in [0.2, 0.25) is 0 Å². The van der Waals surface area contributed by atoms with Crippen LogP contribution in [0.3, 0.4) is 0 Å². The van der Waals surface area contributed by atoms with Crippen LogP contribution in [0.2, 0.25) is 6.32 Å². The van der Waals surface area contributed by atoms with Crippen LogP contribution >= 0.6 is 0 Å². The highest BCUT2D eigenvalue weighted by atomic mass is 16.7. The van der Waals surface area contributed by atoms with Gasteiger partial charge in [0, 0.05) is 6.32 Å². The summed E-state index contributed by atoms with van der Waals surface area (Å²) in [5.74, 6) is -2.17. The second kappa shape index (κ2) is 8.58. The monoisotopic (exact) mass is 396 g/mol. The van der Waals surface area contributed by atoms with Crippen molar-refractivity contribution in [2.45, 2.75) is 104 Å². The minimum absolute atomic E-state index is 0.198. The van der Waals surface area contributed by atoms with E-state index in [-0.39, 0.29) is 24.7 Å². The third-order valence-corrected chi connectivity index (χ3v) is 4.55. The number of esters is 2. The van der Waals surface area contributed by atoms with Crippen LogP contribution in [0.15, 0.2) is 12.2 Å². The Hall–Kier alpha value is -1.34. The molecule has 1 heterocycles.